The highest BCUT2D eigenvalue weighted by Crippen LogP contribution is 2.11. The van der Waals surface area contributed by atoms with Crippen molar-refractivity contribution in [1.82, 2.24) is 0 Å². The van der Waals surface area contributed by atoms with E-state index in [1.54, 1.807) is 6.92 Å². The van der Waals surface area contributed by atoms with Crippen LogP contribution in [0.15, 0.2) is 11.6 Å². The molecule has 0 aromatic rings. The lowest BCUT2D eigenvalue weighted by atomic mass is 10.1. The Balaban J connectivity index is 3.15. The number of hydrogen-bond donors (Lipinski definition) is 2. The van der Waals surface area contributed by atoms with Crippen LogP contribution in [0.25, 0.3) is 0 Å². The van der Waals surface area contributed by atoms with Crippen LogP contribution in [0, 0.1) is 0 Å². The number of rotatable bonds is 13. The SMILES string of the molecule is CC(=CCCCCCCCCCCCCO)C(N)=O. The Labute approximate surface area is 118 Å². The number of aliphatic hydroxyl groups excluding tert-OH is 1. The van der Waals surface area contributed by atoms with Gasteiger partial charge < -0.3 is 10.8 Å². The van der Waals surface area contributed by atoms with Crippen molar-refractivity contribution in [1.29, 1.82) is 0 Å². The summed E-state index contributed by atoms with van der Waals surface area (Å²) in [6.07, 6.45) is 15.3. The molecular formula is C16H31NO2. The Hall–Kier alpha value is -0.830. The Morgan fingerprint density at radius 1 is 0.895 bits per heavy atom. The van der Waals surface area contributed by atoms with Crippen LogP contribution in [-0.4, -0.2) is 17.6 Å². The standard InChI is InChI=1S/C16H31NO2/c1-15(16(17)19)13-11-9-7-5-3-2-4-6-8-10-12-14-18/h13,18H,2-12,14H2,1H3,(H2,17,19). The van der Waals surface area contributed by atoms with Gasteiger partial charge in [-0.05, 0) is 26.2 Å². The van der Waals surface area contributed by atoms with Crippen LogP contribution >= 0.6 is 0 Å². The molecule has 0 radical (unpaired) electrons. The van der Waals surface area contributed by atoms with E-state index in [2.05, 4.69) is 0 Å². The number of carbonyl (C=O) groups is 1. The van der Waals surface area contributed by atoms with Crippen molar-refractivity contribution in [2.24, 2.45) is 5.73 Å². The van der Waals surface area contributed by atoms with Crippen LogP contribution < -0.4 is 5.73 Å². The van der Waals surface area contributed by atoms with Crippen molar-refractivity contribution < 1.29 is 9.90 Å². The van der Waals surface area contributed by atoms with Crippen LogP contribution in [0.3, 0.4) is 0 Å². The molecule has 0 spiro atoms. The third-order valence-electron chi connectivity index (χ3n) is 3.45. The lowest BCUT2D eigenvalue weighted by Crippen LogP contribution is -2.11. The van der Waals surface area contributed by atoms with Gasteiger partial charge in [-0.15, -0.1) is 0 Å². The maximum Gasteiger partial charge on any atom is 0.244 e. The Morgan fingerprint density at radius 2 is 1.32 bits per heavy atom. The minimum Gasteiger partial charge on any atom is -0.396 e. The van der Waals surface area contributed by atoms with Gasteiger partial charge in [0.25, 0.3) is 0 Å². The van der Waals surface area contributed by atoms with Crippen molar-refractivity contribution in [3.8, 4) is 0 Å². The summed E-state index contributed by atoms with van der Waals surface area (Å²) in [5.74, 6) is -0.304. The molecule has 112 valence electrons. The van der Waals surface area contributed by atoms with Crippen LogP contribution in [0.5, 0.6) is 0 Å². The second-order valence-corrected chi connectivity index (χ2v) is 5.30. The van der Waals surface area contributed by atoms with E-state index in [-0.39, 0.29) is 5.91 Å². The third-order valence-corrected chi connectivity index (χ3v) is 3.45. The molecule has 0 rings (SSSR count). The fourth-order valence-electron chi connectivity index (χ4n) is 2.09. The molecule has 3 N–H and O–H groups in total. The first kappa shape index (κ1) is 18.2. The van der Waals surface area contributed by atoms with E-state index < -0.39 is 0 Å². The van der Waals surface area contributed by atoms with Crippen LogP contribution in [-0.2, 0) is 4.79 Å². The summed E-state index contributed by atoms with van der Waals surface area (Å²) < 4.78 is 0. The minimum atomic E-state index is -0.304. The summed E-state index contributed by atoms with van der Waals surface area (Å²) >= 11 is 0. The van der Waals surface area contributed by atoms with E-state index in [9.17, 15) is 4.79 Å². The first-order valence-electron chi connectivity index (χ1n) is 7.76. The predicted molar refractivity (Wildman–Crippen MR) is 80.8 cm³/mol. The Morgan fingerprint density at radius 3 is 1.74 bits per heavy atom. The smallest absolute Gasteiger partial charge is 0.244 e. The number of allylic oxidation sites excluding steroid dienone is 1. The predicted octanol–water partition coefficient (Wildman–Crippen LogP) is 3.70. The van der Waals surface area contributed by atoms with E-state index in [0.29, 0.717) is 12.2 Å². The third kappa shape index (κ3) is 13.4. The van der Waals surface area contributed by atoms with Gasteiger partial charge in [0.2, 0.25) is 5.91 Å². The Bertz CT molecular complexity index is 249. The molecule has 0 aliphatic heterocycles. The number of amides is 1. The fraction of sp³-hybridized carbons (Fsp3) is 0.812. The van der Waals surface area contributed by atoms with E-state index in [0.717, 1.165) is 19.3 Å². The van der Waals surface area contributed by atoms with Gasteiger partial charge in [-0.3, -0.25) is 4.79 Å². The van der Waals surface area contributed by atoms with Crippen molar-refractivity contribution in [3.05, 3.63) is 11.6 Å². The van der Waals surface area contributed by atoms with Crippen LogP contribution in [0.1, 0.15) is 77.6 Å². The van der Waals surface area contributed by atoms with Gasteiger partial charge in [-0.25, -0.2) is 0 Å². The summed E-state index contributed by atoms with van der Waals surface area (Å²) in [4.78, 5) is 10.8. The summed E-state index contributed by atoms with van der Waals surface area (Å²) in [5, 5.41) is 8.64. The zero-order valence-electron chi connectivity index (χ0n) is 12.5. The average Bonchev–Trinajstić information content (AvgIpc) is 2.39. The molecule has 0 atom stereocenters. The van der Waals surface area contributed by atoms with Gasteiger partial charge in [-0.1, -0.05) is 57.4 Å². The summed E-state index contributed by atoms with van der Waals surface area (Å²) in [6, 6.07) is 0. The minimum absolute atomic E-state index is 0.304. The number of nitrogens with two attached hydrogens (primary N) is 1. The molecule has 19 heavy (non-hydrogen) atoms. The normalized spacial score (nSPS) is 11.8. The summed E-state index contributed by atoms with van der Waals surface area (Å²) in [5.41, 5.74) is 5.84. The highest BCUT2D eigenvalue weighted by molar-refractivity contribution is 5.91. The topological polar surface area (TPSA) is 63.3 Å². The van der Waals surface area contributed by atoms with Crippen LogP contribution in [0.2, 0.25) is 0 Å². The number of primary amides is 1. The molecule has 1 amide bonds. The van der Waals surface area contributed by atoms with Crippen molar-refractivity contribution in [2.75, 3.05) is 6.61 Å². The fourth-order valence-corrected chi connectivity index (χ4v) is 2.09. The molecule has 0 fully saturated rings. The average molecular weight is 269 g/mol. The van der Waals surface area contributed by atoms with Gasteiger partial charge >= 0.3 is 0 Å². The van der Waals surface area contributed by atoms with Gasteiger partial charge in [0.15, 0.2) is 0 Å². The zero-order chi connectivity index (χ0) is 14.3. The first-order chi connectivity index (χ1) is 9.18. The molecule has 0 heterocycles. The molecule has 0 aromatic carbocycles. The molecule has 0 saturated heterocycles. The quantitative estimate of drug-likeness (QED) is 0.395. The Kier molecular flexibility index (Phi) is 13.0. The molecule has 3 heteroatoms. The highest BCUT2D eigenvalue weighted by atomic mass is 16.2. The monoisotopic (exact) mass is 269 g/mol. The van der Waals surface area contributed by atoms with Crippen LogP contribution in [0.4, 0.5) is 0 Å². The summed E-state index contributed by atoms with van der Waals surface area (Å²) in [6.45, 7) is 2.11. The lowest BCUT2D eigenvalue weighted by molar-refractivity contribution is -0.114. The van der Waals surface area contributed by atoms with Gasteiger partial charge in [0.1, 0.15) is 0 Å². The van der Waals surface area contributed by atoms with Gasteiger partial charge in [0.05, 0.1) is 0 Å². The van der Waals surface area contributed by atoms with E-state index in [4.69, 9.17) is 10.8 Å². The zero-order valence-corrected chi connectivity index (χ0v) is 12.5. The molecule has 0 saturated carbocycles. The highest BCUT2D eigenvalue weighted by Gasteiger charge is 1.96. The molecule has 3 nitrogen and oxygen atoms in total. The molecule has 0 aliphatic rings. The van der Waals surface area contributed by atoms with Crippen molar-refractivity contribution in [3.63, 3.8) is 0 Å². The number of hydrogen-bond acceptors (Lipinski definition) is 2. The second kappa shape index (κ2) is 13.6. The van der Waals surface area contributed by atoms with Crippen molar-refractivity contribution in [2.45, 2.75) is 77.6 Å². The molecule has 0 aromatic heterocycles. The molecule has 0 aliphatic carbocycles. The van der Waals surface area contributed by atoms with Gasteiger partial charge in [-0.2, -0.15) is 0 Å². The first-order valence-corrected chi connectivity index (χ1v) is 7.76. The number of unbranched alkanes of at least 4 members (excludes halogenated alkanes) is 10. The maximum absolute atomic E-state index is 10.8. The van der Waals surface area contributed by atoms with Crippen molar-refractivity contribution >= 4 is 5.91 Å². The second-order valence-electron chi connectivity index (χ2n) is 5.30. The molecule has 0 unspecified atom stereocenters. The number of aliphatic hydroxyl groups is 1. The van der Waals surface area contributed by atoms with E-state index >= 15 is 0 Å². The molecular weight excluding hydrogens is 238 g/mol. The van der Waals surface area contributed by atoms with E-state index in [1.807, 2.05) is 6.08 Å². The largest absolute Gasteiger partial charge is 0.396 e. The van der Waals surface area contributed by atoms with Gasteiger partial charge in [0, 0.05) is 12.2 Å². The lowest BCUT2D eigenvalue weighted by Gasteiger charge is -2.02. The molecule has 0 bridgehead atoms. The van der Waals surface area contributed by atoms with E-state index in [1.165, 1.54) is 51.4 Å². The number of carbonyl (C=O) groups excluding carboxylic acids is 1. The maximum atomic E-state index is 10.8. The summed E-state index contributed by atoms with van der Waals surface area (Å²) in [7, 11) is 0.